The summed E-state index contributed by atoms with van der Waals surface area (Å²) < 4.78 is 7.76. The lowest BCUT2D eigenvalue weighted by atomic mass is 9.63. The van der Waals surface area contributed by atoms with Crippen LogP contribution in [0.4, 0.5) is 4.79 Å². The summed E-state index contributed by atoms with van der Waals surface area (Å²) in [6.07, 6.45) is 8.20. The van der Waals surface area contributed by atoms with Crippen molar-refractivity contribution >= 4 is 6.09 Å². The SMILES string of the molecule is CC(C)(C)OC(=O)N1CCC(n2cnc(-c3ccc4c(c3)C(C)(C)CCC4(C)C)c2)CC1. The predicted octanol–water partition coefficient (Wildman–Crippen LogP) is 6.47. The minimum atomic E-state index is -0.453. The molecule has 5 heteroatoms. The van der Waals surface area contributed by atoms with Crippen LogP contribution < -0.4 is 0 Å². The summed E-state index contributed by atoms with van der Waals surface area (Å²) in [5.41, 5.74) is 5.13. The van der Waals surface area contributed by atoms with Gasteiger partial charge in [0.25, 0.3) is 0 Å². The topological polar surface area (TPSA) is 47.4 Å². The Bertz CT molecular complexity index is 989. The van der Waals surface area contributed by atoms with Crippen LogP contribution in [0.2, 0.25) is 0 Å². The Morgan fingerprint density at radius 3 is 2.28 bits per heavy atom. The van der Waals surface area contributed by atoms with E-state index in [-0.39, 0.29) is 16.9 Å². The van der Waals surface area contributed by atoms with E-state index in [9.17, 15) is 4.79 Å². The largest absolute Gasteiger partial charge is 0.444 e. The molecule has 0 saturated carbocycles. The molecule has 0 spiro atoms. The highest BCUT2D eigenvalue weighted by Gasteiger charge is 2.37. The van der Waals surface area contributed by atoms with Crippen LogP contribution in [0, 0.1) is 0 Å². The Labute approximate surface area is 193 Å². The van der Waals surface area contributed by atoms with Crippen molar-refractivity contribution in [2.75, 3.05) is 13.1 Å². The van der Waals surface area contributed by atoms with Crippen LogP contribution in [0.5, 0.6) is 0 Å². The van der Waals surface area contributed by atoms with Gasteiger partial charge in [-0.2, -0.15) is 0 Å². The monoisotopic (exact) mass is 437 g/mol. The number of piperidine rings is 1. The summed E-state index contributed by atoms with van der Waals surface area (Å²) in [5, 5.41) is 0. The molecule has 1 amide bonds. The van der Waals surface area contributed by atoms with E-state index in [4.69, 9.17) is 9.72 Å². The van der Waals surface area contributed by atoms with E-state index in [0.717, 1.165) is 31.6 Å². The lowest BCUT2D eigenvalue weighted by Crippen LogP contribution is -2.42. The van der Waals surface area contributed by atoms with Crippen LogP contribution >= 0.6 is 0 Å². The number of benzene rings is 1. The molecule has 0 atom stereocenters. The van der Waals surface area contributed by atoms with Gasteiger partial charge >= 0.3 is 6.09 Å². The molecular formula is C27H39N3O2. The average Bonchev–Trinajstić information content (AvgIpc) is 3.20. The van der Waals surface area contributed by atoms with Crippen molar-refractivity contribution in [1.29, 1.82) is 0 Å². The molecule has 1 aliphatic carbocycles. The lowest BCUT2D eigenvalue weighted by molar-refractivity contribution is 0.0188. The highest BCUT2D eigenvalue weighted by molar-refractivity contribution is 5.68. The van der Waals surface area contributed by atoms with E-state index in [1.165, 1.54) is 29.5 Å². The summed E-state index contributed by atoms with van der Waals surface area (Å²) in [4.78, 5) is 18.9. The molecule has 1 fully saturated rings. The third-order valence-corrected chi connectivity index (χ3v) is 7.29. The fourth-order valence-corrected chi connectivity index (χ4v) is 5.11. The number of imidazole rings is 1. The molecule has 0 radical (unpaired) electrons. The Morgan fingerprint density at radius 2 is 1.66 bits per heavy atom. The van der Waals surface area contributed by atoms with Crippen molar-refractivity contribution in [3.05, 3.63) is 41.9 Å². The van der Waals surface area contributed by atoms with Gasteiger partial charge in [-0.15, -0.1) is 0 Å². The number of likely N-dealkylation sites (tertiary alicyclic amines) is 1. The molecule has 2 aromatic rings. The molecule has 5 nitrogen and oxygen atoms in total. The van der Waals surface area contributed by atoms with Crippen molar-refractivity contribution < 1.29 is 9.53 Å². The van der Waals surface area contributed by atoms with E-state index >= 15 is 0 Å². The minimum absolute atomic E-state index is 0.192. The van der Waals surface area contributed by atoms with Crippen LogP contribution in [-0.4, -0.2) is 39.2 Å². The molecule has 0 bridgehead atoms. The van der Waals surface area contributed by atoms with Crippen LogP contribution in [0.3, 0.4) is 0 Å². The number of carbonyl (C=O) groups is 1. The van der Waals surface area contributed by atoms with Gasteiger partial charge in [-0.25, -0.2) is 9.78 Å². The van der Waals surface area contributed by atoms with Crippen molar-refractivity contribution in [3.63, 3.8) is 0 Å². The normalized spacial score (nSPS) is 20.7. The first-order valence-corrected chi connectivity index (χ1v) is 12.0. The highest BCUT2D eigenvalue weighted by Crippen LogP contribution is 2.46. The summed E-state index contributed by atoms with van der Waals surface area (Å²) in [6, 6.07) is 7.29. The number of rotatable bonds is 2. The fourth-order valence-electron chi connectivity index (χ4n) is 5.11. The van der Waals surface area contributed by atoms with E-state index in [0.29, 0.717) is 6.04 Å². The summed E-state index contributed by atoms with van der Waals surface area (Å²) in [5.74, 6) is 0. The van der Waals surface area contributed by atoms with E-state index in [1.807, 2.05) is 32.0 Å². The highest BCUT2D eigenvalue weighted by atomic mass is 16.6. The first kappa shape index (κ1) is 22.9. The number of aromatic nitrogens is 2. The second-order valence-corrected chi connectivity index (χ2v) is 11.9. The fraction of sp³-hybridized carbons (Fsp3) is 0.630. The zero-order chi connectivity index (χ0) is 23.3. The van der Waals surface area contributed by atoms with Crippen LogP contribution in [0.25, 0.3) is 11.3 Å². The van der Waals surface area contributed by atoms with Gasteiger partial charge in [0.05, 0.1) is 12.0 Å². The quantitative estimate of drug-likeness (QED) is 0.541. The zero-order valence-corrected chi connectivity index (χ0v) is 20.9. The van der Waals surface area contributed by atoms with Gasteiger partial charge in [0.2, 0.25) is 0 Å². The van der Waals surface area contributed by atoms with E-state index in [1.54, 1.807) is 0 Å². The third kappa shape index (κ3) is 4.57. The molecule has 4 rings (SSSR count). The van der Waals surface area contributed by atoms with Gasteiger partial charge in [0, 0.05) is 30.9 Å². The van der Waals surface area contributed by atoms with Crippen LogP contribution in [0.1, 0.15) is 91.3 Å². The van der Waals surface area contributed by atoms with E-state index < -0.39 is 5.60 Å². The Hall–Kier alpha value is -2.30. The Balaban J connectivity index is 1.48. The molecule has 174 valence electrons. The summed E-state index contributed by atoms with van der Waals surface area (Å²) in [7, 11) is 0. The van der Waals surface area contributed by atoms with Gasteiger partial charge < -0.3 is 14.2 Å². The molecule has 1 aliphatic heterocycles. The predicted molar refractivity (Wildman–Crippen MR) is 129 cm³/mol. The first-order chi connectivity index (χ1) is 14.9. The second-order valence-electron chi connectivity index (χ2n) is 11.9. The molecule has 32 heavy (non-hydrogen) atoms. The molecule has 0 N–H and O–H groups in total. The van der Waals surface area contributed by atoms with Crippen molar-refractivity contribution in [2.45, 2.75) is 96.6 Å². The molecular weight excluding hydrogens is 398 g/mol. The van der Waals surface area contributed by atoms with Crippen LogP contribution in [-0.2, 0) is 15.6 Å². The Morgan fingerprint density at radius 1 is 1.03 bits per heavy atom. The number of fused-ring (bicyclic) bond motifs is 1. The van der Waals surface area contributed by atoms with Gasteiger partial charge in [-0.05, 0) is 74.5 Å². The standard InChI is InChI=1S/C27H39N3O2/c1-25(2,3)32-24(31)29-14-10-20(11-15-29)30-17-23(28-18-30)19-8-9-21-22(16-19)27(6,7)13-12-26(21,4)5/h8-9,16-18,20H,10-15H2,1-7H3. The smallest absolute Gasteiger partial charge is 0.410 e. The summed E-state index contributed by atoms with van der Waals surface area (Å²) in [6.45, 7) is 16.6. The van der Waals surface area contributed by atoms with Crippen molar-refractivity contribution in [2.24, 2.45) is 0 Å². The number of amides is 1. The second kappa shape index (κ2) is 7.93. The molecule has 2 aliphatic rings. The number of hydrogen-bond donors (Lipinski definition) is 0. The van der Waals surface area contributed by atoms with E-state index in [2.05, 4.69) is 56.7 Å². The van der Waals surface area contributed by atoms with Crippen LogP contribution in [0.15, 0.2) is 30.7 Å². The Kier molecular flexibility index (Phi) is 5.67. The molecule has 2 heterocycles. The maximum Gasteiger partial charge on any atom is 0.410 e. The zero-order valence-electron chi connectivity index (χ0n) is 20.9. The molecule has 0 unspecified atom stereocenters. The van der Waals surface area contributed by atoms with Gasteiger partial charge in [0.15, 0.2) is 0 Å². The van der Waals surface area contributed by atoms with Crippen molar-refractivity contribution in [1.82, 2.24) is 14.5 Å². The number of carbonyl (C=O) groups excluding carboxylic acids is 1. The average molecular weight is 438 g/mol. The maximum absolute atomic E-state index is 12.3. The van der Waals surface area contributed by atoms with Gasteiger partial charge in [-0.1, -0.05) is 39.8 Å². The van der Waals surface area contributed by atoms with Crippen molar-refractivity contribution in [3.8, 4) is 11.3 Å². The third-order valence-electron chi connectivity index (χ3n) is 7.29. The molecule has 1 aromatic carbocycles. The lowest BCUT2D eigenvalue weighted by Gasteiger charge is -2.42. The maximum atomic E-state index is 12.3. The number of hydrogen-bond acceptors (Lipinski definition) is 3. The van der Waals surface area contributed by atoms with Gasteiger partial charge in [-0.3, -0.25) is 0 Å². The minimum Gasteiger partial charge on any atom is -0.444 e. The summed E-state index contributed by atoms with van der Waals surface area (Å²) >= 11 is 0. The molecule has 1 aromatic heterocycles. The molecule has 1 saturated heterocycles. The number of ether oxygens (including phenoxy) is 1. The first-order valence-electron chi connectivity index (χ1n) is 12.0. The van der Waals surface area contributed by atoms with Gasteiger partial charge in [0.1, 0.15) is 5.60 Å². The number of nitrogens with zero attached hydrogens (tertiary/aromatic N) is 3.